The van der Waals surface area contributed by atoms with Crippen LogP contribution in [0.4, 0.5) is 0 Å². The van der Waals surface area contributed by atoms with Crippen molar-refractivity contribution in [1.29, 1.82) is 0 Å². The molecule has 2 aromatic carbocycles. The lowest BCUT2D eigenvalue weighted by atomic mass is 10.0. The third-order valence-corrected chi connectivity index (χ3v) is 5.67. The summed E-state index contributed by atoms with van der Waals surface area (Å²) in [6.45, 7) is 5.12. The standard InChI is InChI=1S/C20H23N3O2S/c1-16(2)19-8-10-20(11-9-19)26(24,25)22-14-17-4-6-18(7-5-17)15-23-13-3-12-21-23/h3-13,16,22H,14-15H2,1-2H3. The first kappa shape index (κ1) is 18.4. The van der Waals surface area contributed by atoms with Crippen molar-refractivity contribution in [3.05, 3.63) is 83.7 Å². The van der Waals surface area contributed by atoms with Crippen molar-refractivity contribution in [3.8, 4) is 0 Å². The van der Waals surface area contributed by atoms with Crippen LogP contribution in [-0.2, 0) is 23.1 Å². The molecule has 0 aliphatic carbocycles. The van der Waals surface area contributed by atoms with Crippen LogP contribution in [0.2, 0.25) is 0 Å². The molecule has 0 atom stereocenters. The Morgan fingerprint density at radius 1 is 1.00 bits per heavy atom. The predicted octanol–water partition coefficient (Wildman–Crippen LogP) is 3.53. The SMILES string of the molecule is CC(C)c1ccc(S(=O)(=O)NCc2ccc(Cn3cccn3)cc2)cc1. The van der Waals surface area contributed by atoms with Gasteiger partial charge < -0.3 is 0 Å². The van der Waals surface area contributed by atoms with Crippen molar-refractivity contribution >= 4 is 10.0 Å². The van der Waals surface area contributed by atoms with Crippen LogP contribution < -0.4 is 4.72 Å². The molecule has 0 radical (unpaired) electrons. The molecule has 0 fully saturated rings. The Bertz CT molecular complexity index is 930. The van der Waals surface area contributed by atoms with Crippen LogP contribution in [0.15, 0.2) is 71.9 Å². The largest absolute Gasteiger partial charge is 0.268 e. The van der Waals surface area contributed by atoms with Gasteiger partial charge in [-0.05, 0) is 40.8 Å². The second kappa shape index (κ2) is 7.85. The lowest BCUT2D eigenvalue weighted by Gasteiger charge is -2.10. The summed E-state index contributed by atoms with van der Waals surface area (Å²) in [6, 6.07) is 16.8. The van der Waals surface area contributed by atoms with E-state index >= 15 is 0 Å². The van der Waals surface area contributed by atoms with E-state index < -0.39 is 10.0 Å². The second-order valence-corrected chi connectivity index (χ2v) is 8.34. The quantitative estimate of drug-likeness (QED) is 0.693. The summed E-state index contributed by atoms with van der Waals surface area (Å²) >= 11 is 0. The van der Waals surface area contributed by atoms with Gasteiger partial charge >= 0.3 is 0 Å². The Morgan fingerprint density at radius 2 is 1.65 bits per heavy atom. The zero-order valence-electron chi connectivity index (χ0n) is 15.0. The van der Waals surface area contributed by atoms with E-state index in [4.69, 9.17) is 0 Å². The van der Waals surface area contributed by atoms with Crippen LogP contribution in [-0.4, -0.2) is 18.2 Å². The number of benzene rings is 2. The van der Waals surface area contributed by atoms with Gasteiger partial charge in [-0.3, -0.25) is 4.68 Å². The van der Waals surface area contributed by atoms with Gasteiger partial charge in [-0.25, -0.2) is 13.1 Å². The van der Waals surface area contributed by atoms with Crippen LogP contribution in [0.5, 0.6) is 0 Å². The Morgan fingerprint density at radius 3 is 2.23 bits per heavy atom. The average molecular weight is 369 g/mol. The van der Waals surface area contributed by atoms with Gasteiger partial charge in [0.15, 0.2) is 0 Å². The lowest BCUT2D eigenvalue weighted by Crippen LogP contribution is -2.23. The molecule has 0 saturated carbocycles. The summed E-state index contributed by atoms with van der Waals surface area (Å²) in [5, 5.41) is 4.18. The second-order valence-electron chi connectivity index (χ2n) is 6.57. The third-order valence-electron chi connectivity index (χ3n) is 4.25. The summed E-state index contributed by atoms with van der Waals surface area (Å²) in [7, 11) is -3.52. The summed E-state index contributed by atoms with van der Waals surface area (Å²) in [5.74, 6) is 0.375. The third kappa shape index (κ3) is 4.59. The van der Waals surface area contributed by atoms with E-state index in [0.29, 0.717) is 12.5 Å². The highest BCUT2D eigenvalue weighted by Gasteiger charge is 2.14. The fraction of sp³-hybridized carbons (Fsp3) is 0.250. The zero-order valence-corrected chi connectivity index (χ0v) is 15.8. The Labute approximate surface area is 154 Å². The summed E-state index contributed by atoms with van der Waals surface area (Å²) in [6.07, 6.45) is 3.66. The lowest BCUT2D eigenvalue weighted by molar-refractivity contribution is 0.581. The van der Waals surface area contributed by atoms with E-state index in [2.05, 4.69) is 23.7 Å². The zero-order chi connectivity index (χ0) is 18.6. The van der Waals surface area contributed by atoms with Crippen LogP contribution in [0.25, 0.3) is 0 Å². The summed E-state index contributed by atoms with van der Waals surface area (Å²) in [5.41, 5.74) is 3.15. The smallest absolute Gasteiger partial charge is 0.240 e. The molecule has 136 valence electrons. The molecule has 0 unspecified atom stereocenters. The molecular weight excluding hydrogens is 346 g/mol. The fourth-order valence-electron chi connectivity index (χ4n) is 2.64. The first-order valence-electron chi connectivity index (χ1n) is 8.59. The Kier molecular flexibility index (Phi) is 5.54. The number of aromatic nitrogens is 2. The van der Waals surface area contributed by atoms with Gasteiger partial charge in [-0.2, -0.15) is 5.10 Å². The molecule has 6 heteroatoms. The van der Waals surface area contributed by atoms with Gasteiger partial charge in [-0.15, -0.1) is 0 Å². The molecule has 0 aliphatic rings. The molecule has 1 heterocycles. The van der Waals surface area contributed by atoms with Crippen molar-refractivity contribution in [2.45, 2.75) is 37.8 Å². The maximum Gasteiger partial charge on any atom is 0.240 e. The monoisotopic (exact) mass is 369 g/mol. The predicted molar refractivity (Wildman–Crippen MR) is 102 cm³/mol. The molecule has 0 saturated heterocycles. The molecule has 3 rings (SSSR count). The Hall–Kier alpha value is -2.44. The average Bonchev–Trinajstić information content (AvgIpc) is 3.14. The van der Waals surface area contributed by atoms with E-state index in [1.54, 1.807) is 18.3 Å². The topological polar surface area (TPSA) is 64.0 Å². The molecule has 26 heavy (non-hydrogen) atoms. The van der Waals surface area contributed by atoms with Gasteiger partial charge in [-0.1, -0.05) is 50.2 Å². The summed E-state index contributed by atoms with van der Waals surface area (Å²) < 4.78 is 29.4. The number of rotatable bonds is 7. The van der Waals surface area contributed by atoms with E-state index in [1.165, 1.54) is 0 Å². The highest BCUT2D eigenvalue weighted by atomic mass is 32.2. The number of sulfonamides is 1. The molecule has 1 aromatic heterocycles. The van der Waals surface area contributed by atoms with Gasteiger partial charge in [0, 0.05) is 18.9 Å². The van der Waals surface area contributed by atoms with E-state index in [0.717, 1.165) is 16.7 Å². The van der Waals surface area contributed by atoms with Crippen molar-refractivity contribution in [2.75, 3.05) is 0 Å². The van der Waals surface area contributed by atoms with Gasteiger partial charge in [0.25, 0.3) is 0 Å². The van der Waals surface area contributed by atoms with Crippen molar-refractivity contribution in [3.63, 3.8) is 0 Å². The van der Waals surface area contributed by atoms with Crippen LogP contribution in [0, 0.1) is 0 Å². The van der Waals surface area contributed by atoms with Gasteiger partial charge in [0.2, 0.25) is 10.0 Å². The molecule has 3 aromatic rings. The van der Waals surface area contributed by atoms with Gasteiger partial charge in [0.1, 0.15) is 0 Å². The molecular formula is C20H23N3O2S. The number of nitrogens with one attached hydrogen (secondary N) is 1. The van der Waals surface area contributed by atoms with E-state index in [1.807, 2.05) is 53.3 Å². The van der Waals surface area contributed by atoms with E-state index in [-0.39, 0.29) is 11.4 Å². The van der Waals surface area contributed by atoms with Crippen LogP contribution in [0.3, 0.4) is 0 Å². The molecule has 0 spiro atoms. The molecule has 5 nitrogen and oxygen atoms in total. The molecule has 1 N–H and O–H groups in total. The normalized spacial score (nSPS) is 11.8. The van der Waals surface area contributed by atoms with E-state index in [9.17, 15) is 8.42 Å². The first-order chi connectivity index (χ1) is 12.4. The molecule has 0 bridgehead atoms. The summed E-state index contributed by atoms with van der Waals surface area (Å²) in [4.78, 5) is 0.289. The highest BCUT2D eigenvalue weighted by molar-refractivity contribution is 7.89. The molecule has 0 amide bonds. The first-order valence-corrected chi connectivity index (χ1v) is 10.1. The maximum absolute atomic E-state index is 12.4. The minimum Gasteiger partial charge on any atom is -0.268 e. The maximum atomic E-state index is 12.4. The van der Waals surface area contributed by atoms with Crippen molar-refractivity contribution in [1.82, 2.24) is 14.5 Å². The van der Waals surface area contributed by atoms with Gasteiger partial charge in [0.05, 0.1) is 11.4 Å². The molecule has 0 aliphatic heterocycles. The fourth-order valence-corrected chi connectivity index (χ4v) is 3.65. The van der Waals surface area contributed by atoms with Crippen LogP contribution in [0.1, 0.15) is 36.5 Å². The number of nitrogens with zero attached hydrogens (tertiary/aromatic N) is 2. The highest BCUT2D eigenvalue weighted by Crippen LogP contribution is 2.17. The minimum atomic E-state index is -3.52. The number of hydrogen-bond donors (Lipinski definition) is 1. The minimum absolute atomic E-state index is 0.260. The van der Waals surface area contributed by atoms with Crippen molar-refractivity contribution < 1.29 is 8.42 Å². The van der Waals surface area contributed by atoms with Crippen molar-refractivity contribution in [2.24, 2.45) is 0 Å². The Balaban J connectivity index is 1.62. The number of hydrogen-bond acceptors (Lipinski definition) is 3. The van der Waals surface area contributed by atoms with Crippen LogP contribution >= 0.6 is 0 Å².